The number of methoxy groups -OCH3 is 2. The Morgan fingerprint density at radius 1 is 1.12 bits per heavy atom. The number of rotatable bonds is 6. The van der Waals surface area contributed by atoms with Crippen molar-refractivity contribution < 1.29 is 27.8 Å². The molecule has 0 spiro atoms. The highest BCUT2D eigenvalue weighted by atomic mass is 19.1. The Kier molecular flexibility index (Phi) is 6.05. The fraction of sp³-hybridized carbons (Fsp3) is 0.222. The molecule has 0 bridgehead atoms. The van der Waals surface area contributed by atoms with Crippen LogP contribution in [0.5, 0.6) is 5.75 Å². The van der Waals surface area contributed by atoms with Gasteiger partial charge in [-0.15, -0.1) is 0 Å². The van der Waals surface area contributed by atoms with Crippen LogP contribution in [0.25, 0.3) is 0 Å². The summed E-state index contributed by atoms with van der Waals surface area (Å²) < 4.78 is 36.6. The van der Waals surface area contributed by atoms with Gasteiger partial charge in [0.1, 0.15) is 23.4 Å². The summed E-state index contributed by atoms with van der Waals surface area (Å²) in [5.74, 6) is -2.81. The van der Waals surface area contributed by atoms with Crippen LogP contribution in [-0.4, -0.2) is 32.1 Å². The molecule has 2 aromatic rings. The van der Waals surface area contributed by atoms with Crippen LogP contribution in [0.2, 0.25) is 0 Å². The highest BCUT2D eigenvalue weighted by Gasteiger charge is 2.25. The molecule has 0 saturated heterocycles. The molecule has 0 aliphatic heterocycles. The van der Waals surface area contributed by atoms with Gasteiger partial charge in [0.25, 0.3) is 5.91 Å². The Morgan fingerprint density at radius 2 is 1.84 bits per heavy atom. The first-order valence-electron chi connectivity index (χ1n) is 7.42. The van der Waals surface area contributed by atoms with Crippen LogP contribution >= 0.6 is 0 Å². The SMILES string of the molecule is COC(=O)[C@H](Cc1ccccc1OC)NC(=O)c1ccc(F)cc1F. The predicted octanol–water partition coefficient (Wildman–Crippen LogP) is 2.49. The molecule has 1 amide bonds. The van der Waals surface area contributed by atoms with E-state index in [0.29, 0.717) is 17.4 Å². The molecule has 0 unspecified atom stereocenters. The number of carbonyl (C=O) groups is 2. The maximum absolute atomic E-state index is 13.7. The van der Waals surface area contributed by atoms with E-state index in [2.05, 4.69) is 5.32 Å². The molecule has 0 heterocycles. The number of para-hydroxylation sites is 1. The Hall–Kier alpha value is -2.96. The summed E-state index contributed by atoms with van der Waals surface area (Å²) in [4.78, 5) is 24.2. The predicted molar refractivity (Wildman–Crippen MR) is 86.3 cm³/mol. The molecule has 2 rings (SSSR count). The number of carbonyl (C=O) groups excluding carboxylic acids is 2. The minimum Gasteiger partial charge on any atom is -0.496 e. The van der Waals surface area contributed by atoms with Crippen molar-refractivity contribution in [1.82, 2.24) is 5.32 Å². The van der Waals surface area contributed by atoms with Crippen LogP contribution in [0, 0.1) is 11.6 Å². The van der Waals surface area contributed by atoms with Gasteiger partial charge in [-0.2, -0.15) is 0 Å². The minimum atomic E-state index is -1.06. The smallest absolute Gasteiger partial charge is 0.328 e. The summed E-state index contributed by atoms with van der Waals surface area (Å²) in [6.07, 6.45) is 0.0885. The summed E-state index contributed by atoms with van der Waals surface area (Å²) in [6.45, 7) is 0. The summed E-state index contributed by atoms with van der Waals surface area (Å²) in [7, 11) is 2.67. The minimum absolute atomic E-state index is 0.0885. The highest BCUT2D eigenvalue weighted by Crippen LogP contribution is 2.19. The first-order valence-corrected chi connectivity index (χ1v) is 7.42. The van der Waals surface area contributed by atoms with Crippen molar-refractivity contribution in [1.29, 1.82) is 0 Å². The van der Waals surface area contributed by atoms with Gasteiger partial charge in [0.2, 0.25) is 0 Å². The van der Waals surface area contributed by atoms with Crippen molar-refractivity contribution in [2.75, 3.05) is 14.2 Å². The van der Waals surface area contributed by atoms with Crippen molar-refractivity contribution in [3.63, 3.8) is 0 Å². The van der Waals surface area contributed by atoms with E-state index in [1.54, 1.807) is 24.3 Å². The van der Waals surface area contributed by atoms with E-state index in [1.165, 1.54) is 14.2 Å². The van der Waals surface area contributed by atoms with Gasteiger partial charge in [-0.3, -0.25) is 4.79 Å². The number of halogens is 2. The third-order valence-electron chi connectivity index (χ3n) is 3.58. The molecule has 1 atom stereocenters. The largest absolute Gasteiger partial charge is 0.496 e. The van der Waals surface area contributed by atoms with Crippen LogP contribution in [-0.2, 0) is 16.0 Å². The van der Waals surface area contributed by atoms with Gasteiger partial charge in [-0.1, -0.05) is 18.2 Å². The number of esters is 1. The number of hydrogen-bond acceptors (Lipinski definition) is 4. The molecule has 0 saturated carbocycles. The van der Waals surface area contributed by atoms with Gasteiger partial charge in [-0.25, -0.2) is 13.6 Å². The van der Waals surface area contributed by atoms with Gasteiger partial charge in [0.05, 0.1) is 19.8 Å². The summed E-state index contributed by atoms with van der Waals surface area (Å²) >= 11 is 0. The van der Waals surface area contributed by atoms with Crippen LogP contribution in [0.15, 0.2) is 42.5 Å². The number of amides is 1. The average molecular weight is 349 g/mol. The maximum Gasteiger partial charge on any atom is 0.328 e. The van der Waals surface area contributed by atoms with E-state index in [1.807, 2.05) is 0 Å². The Balaban J connectivity index is 2.23. The standard InChI is InChI=1S/C18H17F2NO4/c1-24-16-6-4-3-5-11(16)9-15(18(23)25-2)21-17(22)13-8-7-12(19)10-14(13)20/h3-8,10,15H,9H2,1-2H3,(H,21,22)/t15-/m0/s1. The Morgan fingerprint density at radius 3 is 2.48 bits per heavy atom. The summed E-state index contributed by atoms with van der Waals surface area (Å²) in [6, 6.07) is 8.49. The first-order chi connectivity index (χ1) is 12.0. The summed E-state index contributed by atoms with van der Waals surface area (Å²) in [5, 5.41) is 2.41. The molecule has 132 valence electrons. The van der Waals surface area contributed by atoms with Crippen LogP contribution in [0.1, 0.15) is 15.9 Å². The average Bonchev–Trinajstić information content (AvgIpc) is 2.60. The van der Waals surface area contributed by atoms with Crippen LogP contribution < -0.4 is 10.1 Å². The van der Waals surface area contributed by atoms with Crippen molar-refractivity contribution in [3.8, 4) is 5.75 Å². The maximum atomic E-state index is 13.7. The van der Waals surface area contributed by atoms with E-state index in [9.17, 15) is 18.4 Å². The van der Waals surface area contributed by atoms with Crippen molar-refractivity contribution in [2.45, 2.75) is 12.5 Å². The molecule has 0 fully saturated rings. The molecule has 7 heteroatoms. The number of nitrogens with one attached hydrogen (secondary N) is 1. The molecule has 0 aliphatic carbocycles. The molecule has 2 aromatic carbocycles. The lowest BCUT2D eigenvalue weighted by atomic mass is 10.0. The van der Waals surface area contributed by atoms with Gasteiger partial charge in [0.15, 0.2) is 0 Å². The van der Waals surface area contributed by atoms with E-state index >= 15 is 0 Å². The second-order valence-electron chi connectivity index (χ2n) is 5.19. The monoisotopic (exact) mass is 349 g/mol. The van der Waals surface area contributed by atoms with Gasteiger partial charge in [-0.05, 0) is 23.8 Å². The van der Waals surface area contributed by atoms with E-state index in [0.717, 1.165) is 12.1 Å². The summed E-state index contributed by atoms with van der Waals surface area (Å²) in [5.41, 5.74) is 0.301. The lowest BCUT2D eigenvalue weighted by Crippen LogP contribution is -2.43. The van der Waals surface area contributed by atoms with E-state index in [-0.39, 0.29) is 12.0 Å². The first kappa shape index (κ1) is 18.4. The molecular formula is C18H17F2NO4. The molecule has 5 nitrogen and oxygen atoms in total. The van der Waals surface area contributed by atoms with Gasteiger partial charge >= 0.3 is 5.97 Å². The van der Waals surface area contributed by atoms with Gasteiger partial charge < -0.3 is 14.8 Å². The zero-order valence-electron chi connectivity index (χ0n) is 13.7. The molecule has 0 aliphatic rings. The fourth-order valence-electron chi connectivity index (χ4n) is 2.34. The van der Waals surface area contributed by atoms with Crippen LogP contribution in [0.3, 0.4) is 0 Å². The zero-order chi connectivity index (χ0) is 18.4. The third kappa shape index (κ3) is 4.53. The third-order valence-corrected chi connectivity index (χ3v) is 3.58. The normalized spacial score (nSPS) is 11.5. The quantitative estimate of drug-likeness (QED) is 0.814. The van der Waals surface area contributed by atoms with Crippen molar-refractivity contribution >= 4 is 11.9 Å². The van der Waals surface area contributed by atoms with Gasteiger partial charge in [0, 0.05) is 12.5 Å². The number of ether oxygens (including phenoxy) is 2. The zero-order valence-corrected chi connectivity index (χ0v) is 13.7. The molecule has 25 heavy (non-hydrogen) atoms. The fourth-order valence-corrected chi connectivity index (χ4v) is 2.34. The molecular weight excluding hydrogens is 332 g/mol. The van der Waals surface area contributed by atoms with E-state index < -0.39 is 29.6 Å². The second kappa shape index (κ2) is 8.23. The Labute approximate surface area is 143 Å². The highest BCUT2D eigenvalue weighted by molar-refractivity contribution is 5.97. The van der Waals surface area contributed by atoms with Crippen LogP contribution in [0.4, 0.5) is 8.78 Å². The van der Waals surface area contributed by atoms with E-state index in [4.69, 9.17) is 9.47 Å². The number of benzene rings is 2. The molecule has 1 N–H and O–H groups in total. The second-order valence-corrected chi connectivity index (χ2v) is 5.19. The van der Waals surface area contributed by atoms with Crippen molar-refractivity contribution in [2.24, 2.45) is 0 Å². The van der Waals surface area contributed by atoms with Crippen molar-refractivity contribution in [3.05, 3.63) is 65.2 Å². The molecule has 0 radical (unpaired) electrons. The topological polar surface area (TPSA) is 64.6 Å². The Bertz CT molecular complexity index is 779. The molecule has 0 aromatic heterocycles. The number of hydrogen-bond donors (Lipinski definition) is 1. The lowest BCUT2D eigenvalue weighted by molar-refractivity contribution is -0.142. The lowest BCUT2D eigenvalue weighted by Gasteiger charge is -2.18.